The Morgan fingerprint density at radius 3 is 2.71 bits per heavy atom. The Kier molecular flexibility index (Phi) is 4.59. The van der Waals surface area contributed by atoms with Gasteiger partial charge in [-0.2, -0.15) is 0 Å². The minimum atomic E-state index is -0.546. The molecule has 0 bridgehead atoms. The molecule has 2 N–H and O–H groups in total. The lowest BCUT2D eigenvalue weighted by atomic mass is 10.1. The van der Waals surface area contributed by atoms with E-state index in [1.165, 1.54) is 12.3 Å². The van der Waals surface area contributed by atoms with Crippen LogP contribution in [0.4, 0.5) is 0 Å². The number of hydrogen-bond donors (Lipinski definition) is 2. The number of carbonyl (C=O) groups is 1. The van der Waals surface area contributed by atoms with E-state index >= 15 is 0 Å². The molecule has 6 nitrogen and oxygen atoms in total. The highest BCUT2D eigenvalue weighted by Gasteiger charge is 2.15. The highest BCUT2D eigenvalue weighted by molar-refractivity contribution is 6.30. The number of nitrogens with zero attached hydrogens (tertiary/aromatic N) is 1. The van der Waals surface area contributed by atoms with Crippen LogP contribution in [0, 0.1) is 0 Å². The fourth-order valence-corrected chi connectivity index (χ4v) is 2.31. The number of aromatic nitrogens is 1. The van der Waals surface area contributed by atoms with Crippen molar-refractivity contribution in [2.24, 2.45) is 0 Å². The second-order valence-corrected chi connectivity index (χ2v) is 5.58. The number of rotatable bonds is 4. The molecule has 0 aliphatic heterocycles. The number of carbonyl (C=O) groups excluding carboxylic acids is 1. The maximum Gasteiger partial charge on any atom is 0.258 e. The van der Waals surface area contributed by atoms with E-state index in [0.717, 1.165) is 11.8 Å². The Morgan fingerprint density at radius 2 is 2.00 bits per heavy atom. The molecule has 2 heterocycles. The maximum atomic E-state index is 12.4. The topological polar surface area (TPSA) is 92.4 Å². The molecule has 122 valence electrons. The lowest BCUT2D eigenvalue weighted by molar-refractivity contribution is 0.0948. The van der Waals surface area contributed by atoms with Gasteiger partial charge in [0.25, 0.3) is 5.91 Å². The Morgan fingerprint density at radius 1 is 1.25 bits per heavy atom. The molecule has 0 spiro atoms. The Labute approximate surface area is 141 Å². The molecule has 0 fully saturated rings. The molecule has 3 rings (SSSR count). The first-order valence-electron chi connectivity index (χ1n) is 7.12. The van der Waals surface area contributed by atoms with Gasteiger partial charge in [0.15, 0.2) is 0 Å². The van der Waals surface area contributed by atoms with Gasteiger partial charge in [-0.05, 0) is 29.3 Å². The third kappa shape index (κ3) is 3.29. The summed E-state index contributed by atoms with van der Waals surface area (Å²) in [5.74, 6) is -0.546. The summed E-state index contributed by atoms with van der Waals surface area (Å²) in [6, 6.07) is 8.46. The predicted molar refractivity (Wildman–Crippen MR) is 88.8 cm³/mol. The monoisotopic (exact) mass is 344 g/mol. The van der Waals surface area contributed by atoms with Crippen LogP contribution in [0.15, 0.2) is 52.0 Å². The van der Waals surface area contributed by atoms with E-state index in [2.05, 4.69) is 10.3 Å². The Balaban J connectivity index is 1.85. The summed E-state index contributed by atoms with van der Waals surface area (Å²) in [6.45, 7) is -0.00220. The number of halogens is 1. The van der Waals surface area contributed by atoms with Crippen LogP contribution in [-0.4, -0.2) is 16.0 Å². The van der Waals surface area contributed by atoms with Gasteiger partial charge in [-0.15, -0.1) is 0 Å². The van der Waals surface area contributed by atoms with E-state index < -0.39 is 11.3 Å². The van der Waals surface area contributed by atoms with E-state index in [4.69, 9.17) is 21.1 Å². The van der Waals surface area contributed by atoms with E-state index in [9.17, 15) is 9.59 Å². The lowest BCUT2D eigenvalue weighted by Crippen LogP contribution is -2.28. The van der Waals surface area contributed by atoms with Crippen LogP contribution < -0.4 is 10.7 Å². The first kappa shape index (κ1) is 16.2. The highest BCUT2D eigenvalue weighted by atomic mass is 35.5. The molecule has 0 saturated heterocycles. The van der Waals surface area contributed by atoms with Crippen molar-refractivity contribution >= 4 is 28.6 Å². The van der Waals surface area contributed by atoms with Crippen molar-refractivity contribution in [3.8, 4) is 0 Å². The van der Waals surface area contributed by atoms with E-state index in [0.29, 0.717) is 10.6 Å². The van der Waals surface area contributed by atoms with Crippen LogP contribution >= 0.6 is 11.6 Å². The van der Waals surface area contributed by atoms with Gasteiger partial charge in [0.05, 0.1) is 12.0 Å². The molecule has 7 heteroatoms. The summed E-state index contributed by atoms with van der Waals surface area (Å²) >= 11 is 5.81. The van der Waals surface area contributed by atoms with Gasteiger partial charge in [-0.3, -0.25) is 9.59 Å². The third-order valence-corrected chi connectivity index (χ3v) is 3.73. The maximum absolute atomic E-state index is 12.4. The second kappa shape index (κ2) is 6.82. The molecule has 1 aromatic carbocycles. The molecule has 2 aromatic heterocycles. The quantitative estimate of drug-likeness (QED) is 0.757. The fourth-order valence-electron chi connectivity index (χ4n) is 2.19. The second-order valence-electron chi connectivity index (χ2n) is 5.14. The van der Waals surface area contributed by atoms with E-state index in [1.807, 2.05) is 0 Å². The molecule has 0 saturated carbocycles. The van der Waals surface area contributed by atoms with Crippen molar-refractivity contribution in [2.75, 3.05) is 0 Å². The zero-order valence-electron chi connectivity index (χ0n) is 12.5. The predicted octanol–water partition coefficient (Wildman–Crippen LogP) is 2.26. The van der Waals surface area contributed by atoms with Gasteiger partial charge in [0, 0.05) is 17.8 Å². The van der Waals surface area contributed by atoms with Gasteiger partial charge in [0.2, 0.25) is 11.1 Å². The molecule has 1 amide bonds. The van der Waals surface area contributed by atoms with Crippen molar-refractivity contribution in [1.29, 1.82) is 0 Å². The van der Waals surface area contributed by atoms with Gasteiger partial charge >= 0.3 is 0 Å². The van der Waals surface area contributed by atoms with Crippen LogP contribution in [0.3, 0.4) is 0 Å². The average molecular weight is 345 g/mol. The van der Waals surface area contributed by atoms with Crippen LogP contribution in [0.25, 0.3) is 11.1 Å². The summed E-state index contributed by atoms with van der Waals surface area (Å²) in [4.78, 5) is 28.6. The van der Waals surface area contributed by atoms with Crippen molar-refractivity contribution in [1.82, 2.24) is 10.3 Å². The minimum Gasteiger partial charge on any atom is -0.445 e. The summed E-state index contributed by atoms with van der Waals surface area (Å²) in [5, 5.41) is 12.5. The number of pyridine rings is 1. The van der Waals surface area contributed by atoms with Gasteiger partial charge in [-0.25, -0.2) is 4.98 Å². The van der Waals surface area contributed by atoms with E-state index in [1.54, 1.807) is 24.3 Å². The molecule has 0 aliphatic rings. The van der Waals surface area contributed by atoms with Gasteiger partial charge < -0.3 is 14.8 Å². The highest BCUT2D eigenvalue weighted by Crippen LogP contribution is 2.12. The minimum absolute atomic E-state index is 0.117. The number of aliphatic hydroxyl groups excluding tert-OH is 1. The summed E-state index contributed by atoms with van der Waals surface area (Å²) in [5.41, 5.74) is 0.822. The number of nitrogens with one attached hydrogen (secondary N) is 1. The first-order valence-corrected chi connectivity index (χ1v) is 7.50. The first-order chi connectivity index (χ1) is 11.6. The van der Waals surface area contributed by atoms with Crippen LogP contribution in [0.5, 0.6) is 0 Å². The summed E-state index contributed by atoms with van der Waals surface area (Å²) in [6.07, 6.45) is 2.50. The number of hydrogen-bond acceptors (Lipinski definition) is 5. The number of aliphatic hydroxyl groups is 1. The summed E-state index contributed by atoms with van der Waals surface area (Å²) in [7, 11) is 0. The van der Waals surface area contributed by atoms with E-state index in [-0.39, 0.29) is 29.8 Å². The van der Waals surface area contributed by atoms with Crippen molar-refractivity contribution < 1.29 is 14.3 Å². The van der Waals surface area contributed by atoms with Crippen LogP contribution in [0.2, 0.25) is 5.02 Å². The standard InChI is InChI=1S/C17H13ClN2O4/c18-12-3-1-10(2-4-12)6-19-16(23)14-9-24-17-13(15(14)22)5-11(8-21)7-20-17/h1-5,7,9,21H,6,8H2,(H,19,23). The molecule has 0 aliphatic carbocycles. The zero-order chi connectivity index (χ0) is 17.1. The normalized spacial score (nSPS) is 10.8. The number of benzene rings is 1. The average Bonchev–Trinajstić information content (AvgIpc) is 2.61. The SMILES string of the molecule is O=C(NCc1ccc(Cl)cc1)c1coc2ncc(CO)cc2c1=O. The van der Waals surface area contributed by atoms with Gasteiger partial charge in [0.1, 0.15) is 11.8 Å². The smallest absolute Gasteiger partial charge is 0.258 e. The Hall–Kier alpha value is -2.70. The molecule has 0 atom stereocenters. The zero-order valence-corrected chi connectivity index (χ0v) is 13.2. The molecule has 0 unspecified atom stereocenters. The Bertz CT molecular complexity index is 951. The van der Waals surface area contributed by atoms with Crippen molar-refractivity contribution in [3.63, 3.8) is 0 Å². The number of fused-ring (bicyclic) bond motifs is 1. The molecular weight excluding hydrogens is 332 g/mol. The third-order valence-electron chi connectivity index (χ3n) is 3.48. The van der Waals surface area contributed by atoms with Crippen LogP contribution in [0.1, 0.15) is 21.5 Å². The number of amides is 1. The van der Waals surface area contributed by atoms with Gasteiger partial charge in [-0.1, -0.05) is 23.7 Å². The van der Waals surface area contributed by atoms with Crippen molar-refractivity contribution in [3.05, 3.63) is 74.7 Å². The molecule has 24 heavy (non-hydrogen) atoms. The summed E-state index contributed by atoms with van der Waals surface area (Å²) < 4.78 is 5.24. The lowest BCUT2D eigenvalue weighted by Gasteiger charge is -2.06. The molecule has 3 aromatic rings. The molecule has 0 radical (unpaired) electrons. The fraction of sp³-hybridized carbons (Fsp3) is 0.118. The largest absolute Gasteiger partial charge is 0.445 e. The molecular formula is C17H13ClN2O4. The van der Waals surface area contributed by atoms with Crippen LogP contribution in [-0.2, 0) is 13.2 Å². The van der Waals surface area contributed by atoms with Crippen molar-refractivity contribution in [2.45, 2.75) is 13.2 Å².